The lowest BCUT2D eigenvalue weighted by molar-refractivity contribution is 0.594. The molecule has 2 rings (SSSR count). The molecule has 0 radical (unpaired) electrons. The Hall–Kier alpha value is -1.04. The molecule has 0 spiro atoms. The molecule has 2 aromatic rings. The second-order valence-electron chi connectivity index (χ2n) is 4.84. The Morgan fingerprint density at radius 2 is 1.76 bits per heavy atom. The van der Waals surface area contributed by atoms with E-state index in [1.807, 2.05) is 32.0 Å². The number of aryl methyl sites for hydroxylation is 2. The van der Waals surface area contributed by atoms with Gasteiger partial charge in [-0.05, 0) is 59.6 Å². The SMILES string of the molecule is Cc1ccc(N(C)S(=O)(=O)c2ccc(Cl)c(Br)c2)c(C)c1. The fourth-order valence-electron chi connectivity index (χ4n) is 2.08. The standard InChI is InChI=1S/C15H15BrClNO2S/c1-10-4-7-15(11(2)8-10)18(3)21(19,20)12-5-6-14(17)13(16)9-12/h4-9H,1-3H3. The van der Waals surface area contributed by atoms with Crippen LogP contribution in [0.2, 0.25) is 5.02 Å². The Morgan fingerprint density at radius 1 is 1.10 bits per heavy atom. The maximum atomic E-state index is 12.7. The number of hydrogen-bond donors (Lipinski definition) is 0. The molecule has 6 heteroatoms. The molecule has 0 amide bonds. The lowest BCUT2D eigenvalue weighted by Crippen LogP contribution is -2.27. The Bertz CT molecular complexity index is 790. The van der Waals surface area contributed by atoms with E-state index in [0.717, 1.165) is 11.1 Å². The molecule has 0 saturated carbocycles. The molecule has 0 aliphatic carbocycles. The highest BCUT2D eigenvalue weighted by Crippen LogP contribution is 2.30. The van der Waals surface area contributed by atoms with Gasteiger partial charge in [0.2, 0.25) is 0 Å². The van der Waals surface area contributed by atoms with Gasteiger partial charge in [-0.3, -0.25) is 4.31 Å². The topological polar surface area (TPSA) is 37.4 Å². The van der Waals surface area contributed by atoms with E-state index in [0.29, 0.717) is 15.2 Å². The third-order valence-corrected chi connectivity index (χ3v) is 6.22. The van der Waals surface area contributed by atoms with E-state index in [-0.39, 0.29) is 4.90 Å². The third-order valence-electron chi connectivity index (χ3n) is 3.24. The first-order valence-electron chi connectivity index (χ1n) is 6.24. The van der Waals surface area contributed by atoms with Crippen molar-refractivity contribution in [3.05, 3.63) is 57.0 Å². The van der Waals surface area contributed by atoms with Crippen molar-refractivity contribution in [2.45, 2.75) is 18.7 Å². The van der Waals surface area contributed by atoms with Crippen molar-refractivity contribution in [2.75, 3.05) is 11.4 Å². The van der Waals surface area contributed by atoms with E-state index in [1.54, 1.807) is 13.1 Å². The van der Waals surface area contributed by atoms with Crippen molar-refractivity contribution in [3.8, 4) is 0 Å². The minimum Gasteiger partial charge on any atom is -0.269 e. The number of halogens is 2. The predicted molar refractivity (Wildman–Crippen MR) is 90.7 cm³/mol. The zero-order chi connectivity index (χ0) is 15.8. The average molecular weight is 389 g/mol. The Kier molecular flexibility index (Phi) is 4.66. The van der Waals surface area contributed by atoms with Gasteiger partial charge in [-0.25, -0.2) is 8.42 Å². The normalized spacial score (nSPS) is 11.5. The average Bonchev–Trinajstić information content (AvgIpc) is 2.41. The summed E-state index contributed by atoms with van der Waals surface area (Å²) in [5, 5.41) is 0.475. The molecule has 2 aromatic carbocycles. The summed E-state index contributed by atoms with van der Waals surface area (Å²) in [6, 6.07) is 10.2. The molecule has 0 aliphatic rings. The van der Waals surface area contributed by atoms with Gasteiger partial charge >= 0.3 is 0 Å². The zero-order valence-corrected chi connectivity index (χ0v) is 15.1. The van der Waals surface area contributed by atoms with Crippen molar-refractivity contribution in [3.63, 3.8) is 0 Å². The van der Waals surface area contributed by atoms with Crippen LogP contribution in [-0.2, 0) is 10.0 Å². The van der Waals surface area contributed by atoms with Gasteiger partial charge in [0, 0.05) is 11.5 Å². The first-order chi connectivity index (χ1) is 9.73. The number of hydrogen-bond acceptors (Lipinski definition) is 2. The van der Waals surface area contributed by atoms with Crippen molar-refractivity contribution in [2.24, 2.45) is 0 Å². The third kappa shape index (κ3) is 3.25. The van der Waals surface area contributed by atoms with Gasteiger partial charge in [0.25, 0.3) is 10.0 Å². The highest BCUT2D eigenvalue weighted by atomic mass is 79.9. The van der Waals surface area contributed by atoms with Crippen LogP contribution in [0.1, 0.15) is 11.1 Å². The molecule has 0 saturated heterocycles. The van der Waals surface area contributed by atoms with Crippen LogP contribution < -0.4 is 4.31 Å². The molecular weight excluding hydrogens is 374 g/mol. The van der Waals surface area contributed by atoms with E-state index in [4.69, 9.17) is 11.6 Å². The van der Waals surface area contributed by atoms with Gasteiger partial charge in [0.15, 0.2) is 0 Å². The number of rotatable bonds is 3. The van der Waals surface area contributed by atoms with Crippen molar-refractivity contribution >= 4 is 43.2 Å². The molecule has 0 fully saturated rings. The molecule has 0 atom stereocenters. The van der Waals surface area contributed by atoms with Gasteiger partial charge in [0.1, 0.15) is 0 Å². The summed E-state index contributed by atoms with van der Waals surface area (Å²) in [5.41, 5.74) is 2.66. The van der Waals surface area contributed by atoms with Crippen molar-refractivity contribution in [1.82, 2.24) is 0 Å². The van der Waals surface area contributed by atoms with Gasteiger partial charge in [-0.1, -0.05) is 29.3 Å². The summed E-state index contributed by atoms with van der Waals surface area (Å²) in [4.78, 5) is 0.196. The van der Waals surface area contributed by atoms with Crippen LogP contribution in [0.3, 0.4) is 0 Å². The van der Waals surface area contributed by atoms with Gasteiger partial charge in [-0.15, -0.1) is 0 Å². The van der Waals surface area contributed by atoms with Crippen LogP contribution in [0, 0.1) is 13.8 Å². The van der Waals surface area contributed by atoms with E-state index in [1.165, 1.54) is 16.4 Å². The van der Waals surface area contributed by atoms with Crippen LogP contribution in [0.4, 0.5) is 5.69 Å². The zero-order valence-electron chi connectivity index (χ0n) is 11.9. The van der Waals surface area contributed by atoms with Crippen LogP contribution in [0.25, 0.3) is 0 Å². The highest BCUT2D eigenvalue weighted by Gasteiger charge is 2.23. The van der Waals surface area contributed by atoms with Gasteiger partial charge in [-0.2, -0.15) is 0 Å². The van der Waals surface area contributed by atoms with Crippen LogP contribution in [-0.4, -0.2) is 15.5 Å². The summed E-state index contributed by atoms with van der Waals surface area (Å²) in [7, 11) is -2.07. The fourth-order valence-corrected chi connectivity index (χ4v) is 4.02. The Balaban J connectivity index is 2.49. The van der Waals surface area contributed by atoms with E-state index in [9.17, 15) is 8.42 Å². The first kappa shape index (κ1) is 16.3. The molecule has 0 bridgehead atoms. The minimum atomic E-state index is -3.62. The molecule has 112 valence electrons. The maximum absolute atomic E-state index is 12.7. The second kappa shape index (κ2) is 5.99. The van der Waals surface area contributed by atoms with E-state index >= 15 is 0 Å². The monoisotopic (exact) mass is 387 g/mol. The highest BCUT2D eigenvalue weighted by molar-refractivity contribution is 9.10. The fraction of sp³-hybridized carbons (Fsp3) is 0.200. The van der Waals surface area contributed by atoms with Gasteiger partial charge in [0.05, 0.1) is 15.6 Å². The number of sulfonamides is 1. The quantitative estimate of drug-likeness (QED) is 0.774. The summed E-state index contributed by atoms with van der Waals surface area (Å²) in [5.74, 6) is 0. The summed E-state index contributed by atoms with van der Waals surface area (Å²) in [6.07, 6.45) is 0. The Labute approximate surface area is 138 Å². The summed E-state index contributed by atoms with van der Waals surface area (Å²) >= 11 is 9.17. The van der Waals surface area contributed by atoms with Gasteiger partial charge < -0.3 is 0 Å². The number of anilines is 1. The predicted octanol–water partition coefficient (Wildman–Crippen LogP) is 4.54. The van der Waals surface area contributed by atoms with Crippen molar-refractivity contribution in [1.29, 1.82) is 0 Å². The van der Waals surface area contributed by atoms with E-state index in [2.05, 4.69) is 15.9 Å². The molecular formula is C15H15BrClNO2S. The smallest absolute Gasteiger partial charge is 0.264 e. The molecule has 21 heavy (non-hydrogen) atoms. The first-order valence-corrected chi connectivity index (χ1v) is 8.86. The molecule has 0 aliphatic heterocycles. The number of nitrogens with zero attached hydrogens (tertiary/aromatic N) is 1. The van der Waals surface area contributed by atoms with Crippen LogP contribution >= 0.6 is 27.5 Å². The molecule has 0 N–H and O–H groups in total. The number of benzene rings is 2. The second-order valence-corrected chi connectivity index (χ2v) is 8.07. The maximum Gasteiger partial charge on any atom is 0.264 e. The summed E-state index contributed by atoms with van der Waals surface area (Å²) in [6.45, 7) is 3.87. The Morgan fingerprint density at radius 3 is 2.33 bits per heavy atom. The molecule has 0 heterocycles. The largest absolute Gasteiger partial charge is 0.269 e. The van der Waals surface area contributed by atoms with E-state index < -0.39 is 10.0 Å². The van der Waals surface area contributed by atoms with Crippen LogP contribution in [0.5, 0.6) is 0 Å². The molecule has 0 aromatic heterocycles. The lowest BCUT2D eigenvalue weighted by Gasteiger charge is -2.22. The van der Waals surface area contributed by atoms with Crippen molar-refractivity contribution < 1.29 is 8.42 Å². The molecule has 3 nitrogen and oxygen atoms in total. The summed E-state index contributed by atoms with van der Waals surface area (Å²) < 4.78 is 27.2. The van der Waals surface area contributed by atoms with Crippen LogP contribution in [0.15, 0.2) is 45.8 Å². The molecule has 0 unspecified atom stereocenters. The minimum absolute atomic E-state index is 0.196. The lowest BCUT2D eigenvalue weighted by atomic mass is 10.1.